The number of ether oxygens (including phenoxy) is 1. The summed E-state index contributed by atoms with van der Waals surface area (Å²) in [6.45, 7) is 1.73. The van der Waals surface area contributed by atoms with Gasteiger partial charge in [0.2, 0.25) is 0 Å². The van der Waals surface area contributed by atoms with Gasteiger partial charge < -0.3 is 9.30 Å². The van der Waals surface area contributed by atoms with Crippen LogP contribution in [0, 0.1) is 10.1 Å². The van der Waals surface area contributed by atoms with Gasteiger partial charge in [-0.3, -0.25) is 15.4 Å². The average molecular weight is 386 g/mol. The molecule has 0 spiro atoms. The van der Waals surface area contributed by atoms with Crippen LogP contribution in [0.2, 0.25) is 5.02 Å². The smallest absolute Gasteiger partial charge is 0.413 e. The summed E-state index contributed by atoms with van der Waals surface area (Å²) >= 11 is 6.12. The van der Waals surface area contributed by atoms with Crippen molar-refractivity contribution in [2.24, 2.45) is 0 Å². The molecule has 138 valence electrons. The van der Waals surface area contributed by atoms with Crippen LogP contribution >= 0.6 is 11.6 Å². The van der Waals surface area contributed by atoms with Crippen LogP contribution in [0.15, 0.2) is 66.9 Å². The van der Waals surface area contributed by atoms with Gasteiger partial charge in [0.05, 0.1) is 4.92 Å². The number of hydrogen-bond donors (Lipinski definition) is 1. The molecule has 1 atom stereocenters. The maximum Gasteiger partial charge on any atom is 0.413 e. The van der Waals surface area contributed by atoms with Crippen LogP contribution in [-0.2, 0) is 4.74 Å². The Kier molecular flexibility index (Phi) is 5.42. The van der Waals surface area contributed by atoms with Gasteiger partial charge in [0.25, 0.3) is 5.69 Å². The van der Waals surface area contributed by atoms with Gasteiger partial charge in [0.15, 0.2) is 0 Å². The van der Waals surface area contributed by atoms with Gasteiger partial charge in [-0.2, -0.15) is 0 Å². The standard InChI is InChI=1S/C19H16ClN3O4/c1-13(16-5-2-3-6-17(16)20)27-19(24)21-18-7-4-12-22(18)14-8-10-15(11-9-14)23(25)26/h2-13H,1H3,(H,21,24). The fourth-order valence-electron chi connectivity index (χ4n) is 2.61. The first-order valence-corrected chi connectivity index (χ1v) is 8.48. The Hall–Kier alpha value is -3.32. The second-order valence-electron chi connectivity index (χ2n) is 5.73. The van der Waals surface area contributed by atoms with E-state index in [2.05, 4.69) is 5.32 Å². The molecule has 1 aromatic heterocycles. The molecule has 0 radical (unpaired) electrons. The van der Waals surface area contributed by atoms with E-state index in [0.29, 0.717) is 22.1 Å². The molecule has 0 bridgehead atoms. The second-order valence-corrected chi connectivity index (χ2v) is 6.14. The average Bonchev–Trinajstić information content (AvgIpc) is 3.10. The fraction of sp³-hybridized carbons (Fsp3) is 0.105. The SMILES string of the molecule is CC(OC(=O)Nc1cccn1-c1ccc([N+](=O)[O-])cc1)c1ccccc1Cl. The number of benzene rings is 2. The third-order valence-corrected chi connectivity index (χ3v) is 4.29. The minimum absolute atomic E-state index is 0.00612. The first-order valence-electron chi connectivity index (χ1n) is 8.10. The van der Waals surface area contributed by atoms with Crippen LogP contribution in [0.1, 0.15) is 18.6 Å². The number of amides is 1. The predicted molar refractivity (Wildman–Crippen MR) is 102 cm³/mol. The van der Waals surface area contributed by atoms with Gasteiger partial charge in [0, 0.05) is 34.6 Å². The summed E-state index contributed by atoms with van der Waals surface area (Å²) in [7, 11) is 0. The van der Waals surface area contributed by atoms with E-state index in [1.807, 2.05) is 6.07 Å². The summed E-state index contributed by atoms with van der Waals surface area (Å²) in [5.74, 6) is 0.472. The summed E-state index contributed by atoms with van der Waals surface area (Å²) in [5.41, 5.74) is 1.37. The van der Waals surface area contributed by atoms with Gasteiger partial charge in [-0.05, 0) is 37.3 Å². The van der Waals surface area contributed by atoms with E-state index in [1.54, 1.807) is 60.2 Å². The van der Waals surface area contributed by atoms with Gasteiger partial charge in [-0.15, -0.1) is 0 Å². The third-order valence-electron chi connectivity index (χ3n) is 3.94. The van der Waals surface area contributed by atoms with Crippen LogP contribution in [0.4, 0.5) is 16.3 Å². The number of aromatic nitrogens is 1. The molecule has 0 saturated carbocycles. The van der Waals surface area contributed by atoms with Crippen molar-refractivity contribution in [1.29, 1.82) is 0 Å². The van der Waals surface area contributed by atoms with Crippen molar-refractivity contribution in [1.82, 2.24) is 4.57 Å². The molecule has 2 aromatic carbocycles. The number of non-ortho nitro benzene ring substituents is 1. The van der Waals surface area contributed by atoms with Crippen LogP contribution in [0.5, 0.6) is 0 Å². The zero-order valence-electron chi connectivity index (χ0n) is 14.3. The molecule has 1 unspecified atom stereocenters. The molecule has 0 aliphatic carbocycles. The van der Waals surface area contributed by atoms with Crippen molar-refractivity contribution >= 4 is 29.2 Å². The Morgan fingerprint density at radius 3 is 2.52 bits per heavy atom. The van der Waals surface area contributed by atoms with Crippen LogP contribution in [0.3, 0.4) is 0 Å². The molecule has 1 amide bonds. The highest BCUT2D eigenvalue weighted by molar-refractivity contribution is 6.31. The number of nitrogens with zero attached hydrogens (tertiary/aromatic N) is 2. The second kappa shape index (κ2) is 7.92. The number of nitrogens with one attached hydrogen (secondary N) is 1. The number of halogens is 1. The highest BCUT2D eigenvalue weighted by atomic mass is 35.5. The molecule has 0 saturated heterocycles. The van der Waals surface area contributed by atoms with Gasteiger partial charge in [-0.1, -0.05) is 29.8 Å². The normalized spacial score (nSPS) is 11.6. The van der Waals surface area contributed by atoms with E-state index in [4.69, 9.17) is 16.3 Å². The van der Waals surface area contributed by atoms with Crippen molar-refractivity contribution in [2.45, 2.75) is 13.0 Å². The molecule has 3 rings (SSSR count). The number of carbonyl (C=O) groups excluding carboxylic acids is 1. The van der Waals surface area contributed by atoms with Crippen LogP contribution in [0.25, 0.3) is 5.69 Å². The van der Waals surface area contributed by atoms with Gasteiger partial charge in [0.1, 0.15) is 11.9 Å². The van der Waals surface area contributed by atoms with Crippen molar-refractivity contribution in [2.75, 3.05) is 5.32 Å². The number of anilines is 1. The maximum absolute atomic E-state index is 12.3. The van der Waals surface area contributed by atoms with Gasteiger partial charge >= 0.3 is 6.09 Å². The Bertz CT molecular complexity index is 969. The highest BCUT2D eigenvalue weighted by Gasteiger charge is 2.16. The van der Waals surface area contributed by atoms with Crippen LogP contribution in [-0.4, -0.2) is 15.6 Å². The summed E-state index contributed by atoms with van der Waals surface area (Å²) < 4.78 is 7.08. The topological polar surface area (TPSA) is 86.4 Å². The minimum Gasteiger partial charge on any atom is -0.441 e. The molecule has 0 fully saturated rings. The fourth-order valence-corrected chi connectivity index (χ4v) is 2.90. The Balaban J connectivity index is 1.71. The molecular formula is C19H16ClN3O4. The lowest BCUT2D eigenvalue weighted by Gasteiger charge is -2.16. The van der Waals surface area contributed by atoms with E-state index in [-0.39, 0.29) is 5.69 Å². The molecular weight excluding hydrogens is 370 g/mol. The Morgan fingerprint density at radius 1 is 1.15 bits per heavy atom. The van der Waals surface area contributed by atoms with Crippen molar-refractivity contribution < 1.29 is 14.5 Å². The minimum atomic E-state index is -0.635. The van der Waals surface area contributed by atoms with Crippen molar-refractivity contribution in [3.8, 4) is 5.69 Å². The van der Waals surface area contributed by atoms with E-state index >= 15 is 0 Å². The zero-order chi connectivity index (χ0) is 19.4. The molecule has 0 aliphatic heterocycles. The number of carbonyl (C=O) groups is 1. The summed E-state index contributed by atoms with van der Waals surface area (Å²) in [5, 5.41) is 14.0. The summed E-state index contributed by atoms with van der Waals surface area (Å²) in [6.07, 6.45) is 0.569. The highest BCUT2D eigenvalue weighted by Crippen LogP contribution is 2.26. The van der Waals surface area contributed by atoms with Crippen LogP contribution < -0.4 is 5.32 Å². The van der Waals surface area contributed by atoms with Crippen molar-refractivity contribution in [3.05, 3.63) is 87.6 Å². The molecule has 27 heavy (non-hydrogen) atoms. The largest absolute Gasteiger partial charge is 0.441 e. The predicted octanol–water partition coefficient (Wildman–Crippen LogP) is 5.35. The Labute approximate surface area is 160 Å². The molecule has 7 nitrogen and oxygen atoms in total. The van der Waals surface area contributed by atoms with Crippen molar-refractivity contribution in [3.63, 3.8) is 0 Å². The molecule has 3 aromatic rings. The summed E-state index contributed by atoms with van der Waals surface area (Å²) in [4.78, 5) is 22.6. The molecule has 1 N–H and O–H groups in total. The lowest BCUT2D eigenvalue weighted by Crippen LogP contribution is -2.18. The number of rotatable bonds is 5. The first kappa shape index (κ1) is 18.5. The molecule has 8 heteroatoms. The molecule has 1 heterocycles. The molecule has 0 aliphatic rings. The number of hydrogen-bond acceptors (Lipinski definition) is 4. The quantitative estimate of drug-likeness (QED) is 0.473. The Morgan fingerprint density at radius 2 is 1.85 bits per heavy atom. The zero-order valence-corrected chi connectivity index (χ0v) is 15.1. The number of nitro benzene ring substituents is 1. The number of nitro groups is 1. The summed E-state index contributed by atoms with van der Waals surface area (Å²) in [6, 6.07) is 16.6. The first-order chi connectivity index (χ1) is 13.0. The van der Waals surface area contributed by atoms with E-state index < -0.39 is 17.1 Å². The lowest BCUT2D eigenvalue weighted by atomic mass is 10.1. The van der Waals surface area contributed by atoms with E-state index in [1.165, 1.54) is 12.1 Å². The van der Waals surface area contributed by atoms with Gasteiger partial charge in [-0.25, -0.2) is 4.79 Å². The third kappa shape index (κ3) is 4.27. The maximum atomic E-state index is 12.3. The van der Waals surface area contributed by atoms with E-state index in [9.17, 15) is 14.9 Å². The monoisotopic (exact) mass is 385 g/mol. The van der Waals surface area contributed by atoms with E-state index in [0.717, 1.165) is 0 Å². The lowest BCUT2D eigenvalue weighted by molar-refractivity contribution is -0.384.